The average molecular weight is 340 g/mol. The number of fused-ring (bicyclic) bond motifs is 1. The zero-order valence-corrected chi connectivity index (χ0v) is 14.9. The fourth-order valence-electron chi connectivity index (χ4n) is 3.02. The van der Waals surface area contributed by atoms with Gasteiger partial charge in [-0.05, 0) is 63.4 Å². The first kappa shape index (κ1) is 17.1. The van der Waals surface area contributed by atoms with Crippen molar-refractivity contribution >= 4 is 17.2 Å². The summed E-state index contributed by atoms with van der Waals surface area (Å²) in [6, 6.07) is 6.27. The SMILES string of the molecule is Cc1cc2nc(C)c(CCC(=O)Nc3ccc(F)cc3C)c(C)n2n1. The largest absolute Gasteiger partial charge is 0.326 e. The summed E-state index contributed by atoms with van der Waals surface area (Å²) < 4.78 is 15.0. The van der Waals surface area contributed by atoms with E-state index in [-0.39, 0.29) is 11.7 Å². The van der Waals surface area contributed by atoms with Gasteiger partial charge >= 0.3 is 0 Å². The lowest BCUT2D eigenvalue weighted by Crippen LogP contribution is -2.15. The molecule has 1 aromatic carbocycles. The summed E-state index contributed by atoms with van der Waals surface area (Å²) in [7, 11) is 0. The molecule has 0 radical (unpaired) electrons. The number of hydrogen-bond donors (Lipinski definition) is 1. The number of rotatable bonds is 4. The second-order valence-electron chi connectivity index (χ2n) is 6.32. The Morgan fingerprint density at radius 3 is 2.68 bits per heavy atom. The summed E-state index contributed by atoms with van der Waals surface area (Å²) in [5, 5.41) is 7.29. The molecule has 0 bridgehead atoms. The van der Waals surface area contributed by atoms with E-state index in [1.54, 1.807) is 13.0 Å². The van der Waals surface area contributed by atoms with Gasteiger partial charge < -0.3 is 5.32 Å². The van der Waals surface area contributed by atoms with E-state index in [0.717, 1.165) is 28.3 Å². The van der Waals surface area contributed by atoms with Crippen LogP contribution in [0.15, 0.2) is 24.3 Å². The third-order valence-electron chi connectivity index (χ3n) is 4.35. The molecule has 130 valence electrons. The van der Waals surface area contributed by atoms with Crippen molar-refractivity contribution in [3.63, 3.8) is 0 Å². The van der Waals surface area contributed by atoms with Gasteiger partial charge in [0.15, 0.2) is 5.65 Å². The highest BCUT2D eigenvalue weighted by atomic mass is 19.1. The number of anilines is 1. The molecule has 6 heteroatoms. The smallest absolute Gasteiger partial charge is 0.224 e. The Labute approximate surface area is 145 Å². The molecule has 0 spiro atoms. The van der Waals surface area contributed by atoms with Crippen molar-refractivity contribution in [1.29, 1.82) is 0 Å². The molecule has 1 N–H and O–H groups in total. The van der Waals surface area contributed by atoms with Crippen LogP contribution in [-0.4, -0.2) is 20.5 Å². The number of amides is 1. The highest BCUT2D eigenvalue weighted by Gasteiger charge is 2.13. The van der Waals surface area contributed by atoms with Crippen LogP contribution in [0.5, 0.6) is 0 Å². The van der Waals surface area contributed by atoms with E-state index >= 15 is 0 Å². The molecule has 25 heavy (non-hydrogen) atoms. The first-order chi connectivity index (χ1) is 11.8. The average Bonchev–Trinajstić information content (AvgIpc) is 2.90. The normalized spacial score (nSPS) is 11.1. The molecule has 0 aliphatic carbocycles. The van der Waals surface area contributed by atoms with Gasteiger partial charge in [-0.25, -0.2) is 13.9 Å². The second-order valence-corrected chi connectivity index (χ2v) is 6.32. The minimum Gasteiger partial charge on any atom is -0.326 e. The van der Waals surface area contributed by atoms with Crippen LogP contribution in [0.1, 0.15) is 34.6 Å². The molecular formula is C19H21FN4O. The number of halogens is 1. The molecule has 0 fully saturated rings. The van der Waals surface area contributed by atoms with Gasteiger partial charge in [0.1, 0.15) is 5.82 Å². The molecule has 0 aliphatic heterocycles. The van der Waals surface area contributed by atoms with Gasteiger partial charge in [0.2, 0.25) is 5.91 Å². The van der Waals surface area contributed by atoms with Crippen LogP contribution in [0.25, 0.3) is 5.65 Å². The fourth-order valence-corrected chi connectivity index (χ4v) is 3.02. The maximum absolute atomic E-state index is 13.1. The van der Waals surface area contributed by atoms with Crippen LogP contribution >= 0.6 is 0 Å². The fraction of sp³-hybridized carbons (Fsp3) is 0.316. The molecular weight excluding hydrogens is 319 g/mol. The number of nitrogens with zero attached hydrogens (tertiary/aromatic N) is 3. The lowest BCUT2D eigenvalue weighted by Gasteiger charge is -2.12. The number of aromatic nitrogens is 3. The van der Waals surface area contributed by atoms with E-state index < -0.39 is 0 Å². The quantitative estimate of drug-likeness (QED) is 0.788. The summed E-state index contributed by atoms with van der Waals surface area (Å²) in [6.45, 7) is 7.64. The van der Waals surface area contributed by atoms with E-state index in [1.807, 2.05) is 31.4 Å². The summed E-state index contributed by atoms with van der Waals surface area (Å²) in [5.41, 5.74) is 6.02. The van der Waals surface area contributed by atoms with Crippen molar-refractivity contribution in [2.45, 2.75) is 40.5 Å². The predicted octanol–water partition coefficient (Wildman–Crippen LogP) is 3.67. The lowest BCUT2D eigenvalue weighted by atomic mass is 10.1. The third-order valence-corrected chi connectivity index (χ3v) is 4.35. The number of aryl methyl sites for hydroxylation is 4. The molecule has 0 atom stereocenters. The van der Waals surface area contributed by atoms with Crippen LogP contribution in [0.3, 0.4) is 0 Å². The van der Waals surface area contributed by atoms with Gasteiger partial charge in [-0.3, -0.25) is 4.79 Å². The van der Waals surface area contributed by atoms with Gasteiger partial charge in [-0.15, -0.1) is 0 Å². The number of benzene rings is 1. The van der Waals surface area contributed by atoms with Crippen molar-refractivity contribution in [2.24, 2.45) is 0 Å². The molecule has 0 saturated carbocycles. The van der Waals surface area contributed by atoms with Crippen LogP contribution in [0.4, 0.5) is 10.1 Å². The summed E-state index contributed by atoms with van der Waals surface area (Å²) in [6.07, 6.45) is 0.900. The molecule has 0 saturated heterocycles. The van der Waals surface area contributed by atoms with Gasteiger partial charge in [0.25, 0.3) is 0 Å². The third kappa shape index (κ3) is 3.52. The zero-order valence-electron chi connectivity index (χ0n) is 14.9. The molecule has 2 heterocycles. The van der Waals surface area contributed by atoms with E-state index in [9.17, 15) is 9.18 Å². The number of carbonyl (C=O) groups excluding carboxylic acids is 1. The van der Waals surface area contributed by atoms with Crippen molar-refractivity contribution < 1.29 is 9.18 Å². The Hall–Kier alpha value is -2.76. The summed E-state index contributed by atoms with van der Waals surface area (Å²) in [5.74, 6) is -0.416. The highest BCUT2D eigenvalue weighted by Crippen LogP contribution is 2.19. The minimum atomic E-state index is -0.310. The van der Waals surface area contributed by atoms with Crippen molar-refractivity contribution in [1.82, 2.24) is 14.6 Å². The predicted molar refractivity (Wildman–Crippen MR) is 95.3 cm³/mol. The Balaban J connectivity index is 1.74. The maximum Gasteiger partial charge on any atom is 0.224 e. The Morgan fingerprint density at radius 1 is 1.20 bits per heavy atom. The Morgan fingerprint density at radius 2 is 1.96 bits per heavy atom. The molecule has 2 aromatic heterocycles. The second kappa shape index (κ2) is 6.63. The number of nitrogens with one attached hydrogen (secondary N) is 1. The number of hydrogen-bond acceptors (Lipinski definition) is 3. The first-order valence-corrected chi connectivity index (χ1v) is 8.23. The highest BCUT2D eigenvalue weighted by molar-refractivity contribution is 5.91. The number of carbonyl (C=O) groups is 1. The zero-order chi connectivity index (χ0) is 18.1. The van der Waals surface area contributed by atoms with Crippen molar-refractivity contribution in [2.75, 3.05) is 5.32 Å². The molecule has 1 amide bonds. The van der Waals surface area contributed by atoms with Crippen molar-refractivity contribution in [3.05, 3.63) is 58.3 Å². The van der Waals surface area contributed by atoms with Crippen LogP contribution in [0.2, 0.25) is 0 Å². The Kier molecular flexibility index (Phi) is 4.53. The summed E-state index contributed by atoms with van der Waals surface area (Å²) in [4.78, 5) is 16.8. The standard InChI is InChI=1S/C19H21FN4O/c1-11-9-15(20)5-7-17(11)22-19(25)8-6-16-13(3)21-18-10-12(2)23-24(18)14(16)4/h5,7,9-10H,6,8H2,1-4H3,(H,22,25). The molecule has 3 rings (SSSR count). The van der Waals surface area contributed by atoms with Gasteiger partial charge in [0, 0.05) is 29.6 Å². The van der Waals surface area contributed by atoms with Gasteiger partial charge in [-0.1, -0.05) is 0 Å². The van der Waals surface area contributed by atoms with Crippen LogP contribution in [-0.2, 0) is 11.2 Å². The van der Waals surface area contributed by atoms with Crippen LogP contribution < -0.4 is 5.32 Å². The monoisotopic (exact) mass is 340 g/mol. The lowest BCUT2D eigenvalue weighted by molar-refractivity contribution is -0.116. The first-order valence-electron chi connectivity index (χ1n) is 8.23. The van der Waals surface area contributed by atoms with Crippen LogP contribution in [0, 0.1) is 33.5 Å². The maximum atomic E-state index is 13.1. The van der Waals surface area contributed by atoms with Gasteiger partial charge in [-0.2, -0.15) is 5.10 Å². The summed E-state index contributed by atoms with van der Waals surface area (Å²) >= 11 is 0. The molecule has 3 aromatic rings. The van der Waals surface area contributed by atoms with E-state index in [1.165, 1.54) is 12.1 Å². The van der Waals surface area contributed by atoms with E-state index in [4.69, 9.17) is 0 Å². The topological polar surface area (TPSA) is 59.3 Å². The van der Waals surface area contributed by atoms with E-state index in [0.29, 0.717) is 24.1 Å². The minimum absolute atomic E-state index is 0.106. The molecule has 0 unspecified atom stereocenters. The van der Waals surface area contributed by atoms with Gasteiger partial charge in [0.05, 0.1) is 5.69 Å². The Bertz CT molecular complexity index is 962. The van der Waals surface area contributed by atoms with E-state index in [2.05, 4.69) is 15.4 Å². The van der Waals surface area contributed by atoms with Crippen molar-refractivity contribution in [3.8, 4) is 0 Å². The molecule has 0 aliphatic rings. The molecule has 5 nitrogen and oxygen atoms in total.